The van der Waals surface area contributed by atoms with Gasteiger partial charge in [-0.2, -0.15) is 0 Å². The van der Waals surface area contributed by atoms with E-state index in [2.05, 4.69) is 18.5 Å². The molecule has 12 heavy (non-hydrogen) atoms. The van der Waals surface area contributed by atoms with Crippen molar-refractivity contribution in [1.29, 1.82) is 0 Å². The fourth-order valence-electron chi connectivity index (χ4n) is 0.606. The molecule has 0 rings (SSSR count). The Morgan fingerprint density at radius 3 is 2.25 bits per heavy atom. The SMILES string of the molecule is C=C(O)CNC(=C)OC(C)(C)C. The highest BCUT2D eigenvalue weighted by Gasteiger charge is 2.11. The lowest BCUT2D eigenvalue weighted by Gasteiger charge is -2.23. The number of hydrogen-bond donors (Lipinski definition) is 2. The van der Waals surface area contributed by atoms with Gasteiger partial charge in [0.2, 0.25) is 0 Å². The monoisotopic (exact) mass is 171 g/mol. The van der Waals surface area contributed by atoms with Gasteiger partial charge in [0.15, 0.2) is 5.88 Å². The maximum atomic E-state index is 8.75. The number of hydrogen-bond acceptors (Lipinski definition) is 3. The van der Waals surface area contributed by atoms with Crippen molar-refractivity contribution in [2.45, 2.75) is 26.4 Å². The summed E-state index contributed by atoms with van der Waals surface area (Å²) in [5.74, 6) is 0.506. The maximum Gasteiger partial charge on any atom is 0.180 e. The summed E-state index contributed by atoms with van der Waals surface area (Å²) in [7, 11) is 0. The molecule has 0 atom stereocenters. The van der Waals surface area contributed by atoms with Gasteiger partial charge in [-0.05, 0) is 27.4 Å². The Bertz CT molecular complexity index is 179. The highest BCUT2D eigenvalue weighted by atomic mass is 16.5. The van der Waals surface area contributed by atoms with Crippen molar-refractivity contribution in [1.82, 2.24) is 5.32 Å². The second-order valence-electron chi connectivity index (χ2n) is 3.56. The van der Waals surface area contributed by atoms with Gasteiger partial charge < -0.3 is 15.2 Å². The molecule has 0 fully saturated rings. The minimum absolute atomic E-state index is 0.0636. The maximum absolute atomic E-state index is 8.75. The molecule has 0 saturated carbocycles. The molecule has 0 saturated heterocycles. The normalized spacial score (nSPS) is 10.6. The van der Waals surface area contributed by atoms with Gasteiger partial charge in [0.05, 0.1) is 6.54 Å². The first kappa shape index (κ1) is 10.9. The lowest BCUT2D eigenvalue weighted by Crippen LogP contribution is -2.26. The molecule has 0 radical (unpaired) electrons. The van der Waals surface area contributed by atoms with Gasteiger partial charge in [0.25, 0.3) is 0 Å². The third-order valence-electron chi connectivity index (χ3n) is 0.919. The van der Waals surface area contributed by atoms with Crippen molar-refractivity contribution in [3.8, 4) is 0 Å². The molecule has 0 aliphatic heterocycles. The standard InChI is InChI=1S/C9H17NO2/c1-7(11)6-10-8(2)12-9(3,4)5/h10-11H,1-2,6H2,3-5H3. The van der Waals surface area contributed by atoms with Gasteiger partial charge in [-0.15, -0.1) is 0 Å². The van der Waals surface area contributed by atoms with E-state index in [1.54, 1.807) is 0 Å². The summed E-state index contributed by atoms with van der Waals surface area (Å²) >= 11 is 0. The molecule has 0 amide bonds. The lowest BCUT2D eigenvalue weighted by molar-refractivity contribution is 0.0416. The van der Waals surface area contributed by atoms with E-state index in [9.17, 15) is 0 Å². The molecule has 0 bridgehead atoms. The van der Waals surface area contributed by atoms with Crippen LogP contribution in [0.3, 0.4) is 0 Å². The fourth-order valence-corrected chi connectivity index (χ4v) is 0.606. The van der Waals surface area contributed by atoms with Crippen LogP contribution >= 0.6 is 0 Å². The van der Waals surface area contributed by atoms with Crippen molar-refractivity contribution >= 4 is 0 Å². The van der Waals surface area contributed by atoms with E-state index in [-0.39, 0.29) is 17.9 Å². The minimum atomic E-state index is -0.263. The Kier molecular flexibility index (Phi) is 3.67. The van der Waals surface area contributed by atoms with Gasteiger partial charge in [0, 0.05) is 0 Å². The van der Waals surface area contributed by atoms with E-state index in [1.165, 1.54) is 0 Å². The molecule has 0 aliphatic carbocycles. The molecule has 0 unspecified atom stereocenters. The quantitative estimate of drug-likeness (QED) is 0.635. The van der Waals surface area contributed by atoms with Gasteiger partial charge in [-0.3, -0.25) is 0 Å². The van der Waals surface area contributed by atoms with Crippen LogP contribution in [0.5, 0.6) is 0 Å². The number of nitrogens with one attached hydrogen (secondary N) is 1. The van der Waals surface area contributed by atoms with Crippen LogP contribution in [-0.2, 0) is 4.74 Å². The van der Waals surface area contributed by atoms with Crippen LogP contribution in [-0.4, -0.2) is 17.3 Å². The summed E-state index contributed by atoms with van der Waals surface area (Å²) in [6.07, 6.45) is 0. The first-order chi connectivity index (χ1) is 5.31. The predicted octanol–water partition coefficient (Wildman–Crippen LogP) is 1.93. The average molecular weight is 171 g/mol. The fraction of sp³-hybridized carbons (Fsp3) is 0.556. The Morgan fingerprint density at radius 1 is 1.42 bits per heavy atom. The summed E-state index contributed by atoms with van der Waals surface area (Å²) in [4.78, 5) is 0. The highest BCUT2D eigenvalue weighted by molar-refractivity contribution is 4.90. The molecule has 0 aromatic rings. The second-order valence-corrected chi connectivity index (χ2v) is 3.56. The summed E-state index contributed by atoms with van der Waals surface area (Å²) in [6.45, 7) is 13.0. The van der Waals surface area contributed by atoms with Crippen LogP contribution in [0, 0.1) is 0 Å². The third kappa shape index (κ3) is 6.99. The number of aliphatic hydroxyl groups is 1. The summed E-state index contributed by atoms with van der Waals surface area (Å²) < 4.78 is 5.33. The largest absolute Gasteiger partial charge is 0.511 e. The van der Waals surface area contributed by atoms with E-state index in [4.69, 9.17) is 9.84 Å². The molecule has 0 aromatic carbocycles. The van der Waals surface area contributed by atoms with Crippen LogP contribution in [0.2, 0.25) is 0 Å². The summed E-state index contributed by atoms with van der Waals surface area (Å²) in [5.41, 5.74) is -0.263. The smallest absolute Gasteiger partial charge is 0.180 e. The van der Waals surface area contributed by atoms with Gasteiger partial charge in [-0.25, -0.2) is 0 Å². The zero-order valence-corrected chi connectivity index (χ0v) is 7.98. The molecule has 70 valence electrons. The lowest BCUT2D eigenvalue weighted by atomic mass is 10.2. The predicted molar refractivity (Wildman–Crippen MR) is 49.7 cm³/mol. The zero-order valence-electron chi connectivity index (χ0n) is 7.98. The van der Waals surface area contributed by atoms with Crippen LogP contribution in [0.4, 0.5) is 0 Å². The molecule has 0 heterocycles. The molecule has 0 spiro atoms. The number of ether oxygens (including phenoxy) is 1. The molecule has 2 N–H and O–H groups in total. The first-order valence-electron chi connectivity index (χ1n) is 3.80. The van der Waals surface area contributed by atoms with E-state index >= 15 is 0 Å². The molecule has 0 aromatic heterocycles. The van der Waals surface area contributed by atoms with Crippen molar-refractivity contribution in [2.24, 2.45) is 0 Å². The Morgan fingerprint density at radius 2 is 1.92 bits per heavy atom. The first-order valence-corrected chi connectivity index (χ1v) is 3.80. The van der Waals surface area contributed by atoms with Crippen molar-refractivity contribution in [2.75, 3.05) is 6.54 Å². The Hall–Kier alpha value is -1.12. The molecule has 3 heteroatoms. The van der Waals surface area contributed by atoms with Crippen molar-refractivity contribution < 1.29 is 9.84 Å². The average Bonchev–Trinajstić information content (AvgIpc) is 1.79. The molecule has 0 aliphatic rings. The number of aliphatic hydroxyl groups excluding tert-OH is 1. The van der Waals surface area contributed by atoms with E-state index in [0.29, 0.717) is 5.88 Å². The Labute approximate surface area is 73.7 Å². The van der Waals surface area contributed by atoms with Crippen LogP contribution in [0.1, 0.15) is 20.8 Å². The minimum Gasteiger partial charge on any atom is -0.511 e. The third-order valence-corrected chi connectivity index (χ3v) is 0.919. The van der Waals surface area contributed by atoms with Gasteiger partial charge in [0.1, 0.15) is 11.4 Å². The zero-order chi connectivity index (χ0) is 9.78. The van der Waals surface area contributed by atoms with Crippen LogP contribution in [0.15, 0.2) is 24.8 Å². The number of rotatable bonds is 4. The van der Waals surface area contributed by atoms with Gasteiger partial charge in [-0.1, -0.05) is 6.58 Å². The van der Waals surface area contributed by atoms with Crippen LogP contribution in [0.25, 0.3) is 0 Å². The van der Waals surface area contributed by atoms with Gasteiger partial charge >= 0.3 is 0 Å². The molecule has 3 nitrogen and oxygen atoms in total. The van der Waals surface area contributed by atoms with E-state index < -0.39 is 0 Å². The van der Waals surface area contributed by atoms with Crippen LogP contribution < -0.4 is 5.32 Å². The Balaban J connectivity index is 3.68. The van der Waals surface area contributed by atoms with E-state index in [1.807, 2.05) is 20.8 Å². The highest BCUT2D eigenvalue weighted by Crippen LogP contribution is 2.09. The second kappa shape index (κ2) is 4.04. The molecular weight excluding hydrogens is 154 g/mol. The van der Waals surface area contributed by atoms with Crippen molar-refractivity contribution in [3.05, 3.63) is 24.8 Å². The molecular formula is C9H17NO2. The topological polar surface area (TPSA) is 41.5 Å². The summed E-state index contributed by atoms with van der Waals surface area (Å²) in [5, 5.41) is 11.5. The summed E-state index contributed by atoms with van der Waals surface area (Å²) in [6, 6.07) is 0. The van der Waals surface area contributed by atoms with E-state index in [0.717, 1.165) is 0 Å². The van der Waals surface area contributed by atoms with Crippen molar-refractivity contribution in [3.63, 3.8) is 0 Å².